The van der Waals surface area contributed by atoms with Crippen molar-refractivity contribution in [1.82, 2.24) is 9.97 Å². The molecule has 0 bridgehead atoms. The summed E-state index contributed by atoms with van der Waals surface area (Å²) in [4.78, 5) is 17.3. The van der Waals surface area contributed by atoms with Crippen molar-refractivity contribution in [2.24, 2.45) is 5.73 Å². The van der Waals surface area contributed by atoms with Crippen LogP contribution < -0.4 is 11.1 Å². The van der Waals surface area contributed by atoms with Crippen LogP contribution in [-0.4, -0.2) is 28.0 Å². The van der Waals surface area contributed by atoms with Crippen LogP contribution in [0.5, 0.6) is 0 Å². The number of anilines is 1. The van der Waals surface area contributed by atoms with Gasteiger partial charge in [0.2, 0.25) is 5.95 Å². The Morgan fingerprint density at radius 1 is 1.47 bits per heavy atom. The van der Waals surface area contributed by atoms with Gasteiger partial charge >= 0.3 is 5.69 Å². The Bertz CT molecular complexity index is 349. The van der Waals surface area contributed by atoms with Crippen LogP contribution >= 0.6 is 0 Å². The number of rotatable bonds is 5. The molecule has 0 unspecified atom stereocenters. The monoisotopic (exact) mass is 209 g/mol. The van der Waals surface area contributed by atoms with E-state index in [0.717, 1.165) is 12.4 Å². The van der Waals surface area contributed by atoms with Crippen LogP contribution in [0.3, 0.4) is 0 Å². The van der Waals surface area contributed by atoms with E-state index in [0.29, 0.717) is 19.0 Å². The summed E-state index contributed by atoms with van der Waals surface area (Å²) in [5, 5.41) is 13.1. The second-order valence-electron chi connectivity index (χ2n) is 2.61. The zero-order valence-corrected chi connectivity index (χ0v) is 7.96. The summed E-state index contributed by atoms with van der Waals surface area (Å²) in [6, 6.07) is 0. The van der Waals surface area contributed by atoms with Crippen molar-refractivity contribution in [3.05, 3.63) is 34.7 Å². The van der Waals surface area contributed by atoms with Gasteiger partial charge in [-0.05, 0) is 0 Å². The molecule has 0 atom stereocenters. The Morgan fingerprint density at radius 3 is 2.67 bits per heavy atom. The fraction of sp³-hybridized carbons (Fsp3) is 0.250. The molecule has 1 rings (SSSR count). The molecule has 0 saturated heterocycles. The number of nitrogens with zero attached hydrogens (tertiary/aromatic N) is 3. The molecule has 0 aliphatic carbocycles. The molecule has 1 aromatic rings. The SMILES string of the molecule is NC/C=C/CNc1ncc([N+](=O)[O-])cn1. The third kappa shape index (κ3) is 3.69. The van der Waals surface area contributed by atoms with E-state index in [2.05, 4.69) is 15.3 Å². The summed E-state index contributed by atoms with van der Waals surface area (Å²) in [6.07, 6.45) is 5.92. The van der Waals surface area contributed by atoms with Crippen LogP contribution in [0.4, 0.5) is 11.6 Å². The molecule has 1 aromatic heterocycles. The second kappa shape index (κ2) is 5.66. The highest BCUT2D eigenvalue weighted by Crippen LogP contribution is 2.07. The van der Waals surface area contributed by atoms with Gasteiger partial charge in [0.05, 0.1) is 4.92 Å². The molecule has 3 N–H and O–H groups in total. The molecule has 0 radical (unpaired) electrons. The Morgan fingerprint density at radius 2 is 2.13 bits per heavy atom. The minimum atomic E-state index is -0.544. The standard InChI is InChI=1S/C8H11N5O2/c9-3-1-2-4-10-8-11-5-7(6-12-8)13(14)15/h1-2,5-6H,3-4,9H2,(H,10,11,12)/b2-1+. The Hall–Kier alpha value is -2.02. The van der Waals surface area contributed by atoms with E-state index < -0.39 is 4.92 Å². The van der Waals surface area contributed by atoms with Gasteiger partial charge in [-0.15, -0.1) is 0 Å². The molecule has 15 heavy (non-hydrogen) atoms. The summed E-state index contributed by atoms with van der Waals surface area (Å²) in [7, 11) is 0. The zero-order chi connectivity index (χ0) is 11.1. The van der Waals surface area contributed by atoms with Gasteiger partial charge in [0.25, 0.3) is 0 Å². The fourth-order valence-corrected chi connectivity index (χ4v) is 0.837. The van der Waals surface area contributed by atoms with Crippen LogP contribution in [0.2, 0.25) is 0 Å². The lowest BCUT2D eigenvalue weighted by atomic mass is 10.5. The number of hydrogen-bond acceptors (Lipinski definition) is 6. The Labute approximate surface area is 86.2 Å². The summed E-state index contributed by atoms with van der Waals surface area (Å²) >= 11 is 0. The average molecular weight is 209 g/mol. The molecule has 7 nitrogen and oxygen atoms in total. The predicted molar refractivity (Wildman–Crippen MR) is 55.4 cm³/mol. The van der Waals surface area contributed by atoms with Crippen LogP contribution in [0.15, 0.2) is 24.5 Å². The van der Waals surface area contributed by atoms with Gasteiger partial charge in [-0.25, -0.2) is 9.97 Å². The van der Waals surface area contributed by atoms with Crippen molar-refractivity contribution in [2.75, 3.05) is 18.4 Å². The number of hydrogen-bond donors (Lipinski definition) is 2. The number of nitrogens with two attached hydrogens (primary N) is 1. The van der Waals surface area contributed by atoms with Gasteiger partial charge in [0, 0.05) is 13.1 Å². The first-order chi connectivity index (χ1) is 7.24. The predicted octanol–water partition coefficient (Wildman–Crippen LogP) is 0.312. The third-order valence-corrected chi connectivity index (χ3v) is 1.53. The van der Waals surface area contributed by atoms with Crippen LogP contribution in [0.25, 0.3) is 0 Å². The minimum Gasteiger partial charge on any atom is -0.351 e. The summed E-state index contributed by atoms with van der Waals surface area (Å²) in [5.74, 6) is 0.349. The van der Waals surface area contributed by atoms with Crippen LogP contribution in [0.1, 0.15) is 0 Å². The first-order valence-corrected chi connectivity index (χ1v) is 4.29. The topological polar surface area (TPSA) is 107 Å². The average Bonchev–Trinajstić information content (AvgIpc) is 2.25. The maximum Gasteiger partial charge on any atom is 0.305 e. The van der Waals surface area contributed by atoms with Gasteiger partial charge in [0.1, 0.15) is 12.4 Å². The van der Waals surface area contributed by atoms with E-state index in [1.807, 2.05) is 6.08 Å². The van der Waals surface area contributed by atoms with Gasteiger partial charge in [-0.3, -0.25) is 10.1 Å². The van der Waals surface area contributed by atoms with Crippen molar-refractivity contribution >= 4 is 11.6 Å². The Kier molecular flexibility index (Phi) is 4.17. The van der Waals surface area contributed by atoms with E-state index in [1.54, 1.807) is 6.08 Å². The molecule has 1 heterocycles. The largest absolute Gasteiger partial charge is 0.351 e. The van der Waals surface area contributed by atoms with Crippen molar-refractivity contribution < 1.29 is 4.92 Å². The highest BCUT2D eigenvalue weighted by atomic mass is 16.6. The van der Waals surface area contributed by atoms with Crippen molar-refractivity contribution in [2.45, 2.75) is 0 Å². The summed E-state index contributed by atoms with van der Waals surface area (Å²) in [6.45, 7) is 1.01. The van der Waals surface area contributed by atoms with Crippen molar-refractivity contribution in [3.8, 4) is 0 Å². The normalized spacial score (nSPS) is 10.5. The first-order valence-electron chi connectivity index (χ1n) is 4.29. The van der Waals surface area contributed by atoms with Crippen molar-refractivity contribution in [3.63, 3.8) is 0 Å². The molecule has 0 amide bonds. The second-order valence-corrected chi connectivity index (χ2v) is 2.61. The Balaban J connectivity index is 2.50. The number of nitrogens with one attached hydrogen (secondary N) is 1. The molecule has 0 aromatic carbocycles. The van der Waals surface area contributed by atoms with Gasteiger partial charge < -0.3 is 11.1 Å². The molecule has 0 fully saturated rings. The highest BCUT2D eigenvalue weighted by molar-refractivity contribution is 5.31. The molecule has 0 saturated carbocycles. The lowest BCUT2D eigenvalue weighted by Crippen LogP contribution is -2.04. The third-order valence-electron chi connectivity index (χ3n) is 1.53. The zero-order valence-electron chi connectivity index (χ0n) is 7.96. The van der Waals surface area contributed by atoms with Gasteiger partial charge in [-0.1, -0.05) is 12.2 Å². The molecule has 80 valence electrons. The van der Waals surface area contributed by atoms with E-state index in [1.165, 1.54) is 0 Å². The quantitative estimate of drug-likeness (QED) is 0.410. The fourth-order valence-electron chi connectivity index (χ4n) is 0.837. The highest BCUT2D eigenvalue weighted by Gasteiger charge is 2.05. The number of nitro groups is 1. The molecule has 0 aliphatic heterocycles. The molecule has 7 heteroatoms. The van der Waals surface area contributed by atoms with E-state index in [-0.39, 0.29) is 5.69 Å². The lowest BCUT2D eigenvalue weighted by molar-refractivity contribution is -0.385. The molecular formula is C8H11N5O2. The summed E-state index contributed by atoms with van der Waals surface area (Å²) < 4.78 is 0. The maximum atomic E-state index is 10.3. The van der Waals surface area contributed by atoms with Crippen molar-refractivity contribution in [1.29, 1.82) is 0 Å². The molecular weight excluding hydrogens is 198 g/mol. The number of aromatic nitrogens is 2. The molecule has 0 spiro atoms. The minimum absolute atomic E-state index is 0.127. The summed E-state index contributed by atoms with van der Waals surface area (Å²) in [5.41, 5.74) is 5.11. The van der Waals surface area contributed by atoms with E-state index in [4.69, 9.17) is 5.73 Å². The van der Waals surface area contributed by atoms with E-state index >= 15 is 0 Å². The first kappa shape index (κ1) is 11.1. The molecule has 0 aliphatic rings. The smallest absolute Gasteiger partial charge is 0.305 e. The van der Waals surface area contributed by atoms with E-state index in [9.17, 15) is 10.1 Å². The van der Waals surface area contributed by atoms with Crippen LogP contribution in [0, 0.1) is 10.1 Å². The lowest BCUT2D eigenvalue weighted by Gasteiger charge is -1.99. The van der Waals surface area contributed by atoms with Crippen LogP contribution in [-0.2, 0) is 0 Å². The maximum absolute atomic E-state index is 10.3. The van der Waals surface area contributed by atoms with Gasteiger partial charge in [-0.2, -0.15) is 0 Å². The van der Waals surface area contributed by atoms with Gasteiger partial charge in [0.15, 0.2) is 0 Å².